The topological polar surface area (TPSA) is 46.5 Å². The summed E-state index contributed by atoms with van der Waals surface area (Å²) in [6, 6.07) is 10.3. The normalized spacial score (nSPS) is 8.14. The zero-order valence-corrected chi connectivity index (χ0v) is 15.7. The summed E-state index contributed by atoms with van der Waals surface area (Å²) in [4.78, 5) is 10.6. The first-order valence-electron chi connectivity index (χ1n) is 7.43. The molecule has 0 aromatic heterocycles. The number of hydrogen-bond donors (Lipinski definition) is 1. The molecule has 1 rings (SSSR count). The van der Waals surface area contributed by atoms with Crippen molar-refractivity contribution in [2.24, 2.45) is 0 Å². The Kier molecular flexibility index (Phi) is 29.9. The Balaban J connectivity index is -0.000000246. The maximum absolute atomic E-state index is 10.6. The van der Waals surface area contributed by atoms with Crippen LogP contribution in [-0.4, -0.2) is 29.6 Å². The van der Waals surface area contributed by atoms with Crippen molar-refractivity contribution in [1.29, 1.82) is 0 Å². The quantitative estimate of drug-likeness (QED) is 0.601. The Morgan fingerprint density at radius 1 is 1.09 bits per heavy atom. The highest BCUT2D eigenvalue weighted by atomic mass is 35.5. The van der Waals surface area contributed by atoms with Crippen molar-refractivity contribution in [3.63, 3.8) is 0 Å². The molecule has 0 saturated heterocycles. The molecule has 5 heteroatoms. The van der Waals surface area contributed by atoms with Crippen molar-refractivity contribution in [2.45, 2.75) is 47.0 Å². The molecule has 1 aromatic carbocycles. The summed E-state index contributed by atoms with van der Waals surface area (Å²) in [6.07, 6.45) is 2.35. The third-order valence-electron chi connectivity index (χ3n) is 1.86. The fourth-order valence-corrected chi connectivity index (χ4v) is 1.03. The summed E-state index contributed by atoms with van der Waals surface area (Å²) in [6.45, 7) is 8.53. The molecule has 3 nitrogen and oxygen atoms in total. The van der Waals surface area contributed by atoms with E-state index >= 15 is 0 Å². The Morgan fingerprint density at radius 3 is 1.82 bits per heavy atom. The van der Waals surface area contributed by atoms with Crippen LogP contribution in [0.3, 0.4) is 0 Å². The lowest BCUT2D eigenvalue weighted by Crippen LogP contribution is -2.03. The van der Waals surface area contributed by atoms with E-state index in [-0.39, 0.29) is 17.9 Å². The van der Waals surface area contributed by atoms with Crippen LogP contribution in [0.5, 0.6) is 0 Å². The van der Waals surface area contributed by atoms with Crippen molar-refractivity contribution < 1.29 is 14.6 Å². The standard InChI is InChI=1S/C7H14O2.C7H8.C2H6O.CH2Cl2/c1-3-5-7(8)9-6-4-2;1-7-5-3-2-4-6-7;1-2-3;2-1-3/h3-6H2,1-2H3;2-6H,1H3;3H,2H2,1H3;1H2. The summed E-state index contributed by atoms with van der Waals surface area (Å²) >= 11 is 9.53. The van der Waals surface area contributed by atoms with Gasteiger partial charge < -0.3 is 9.84 Å². The molecule has 130 valence electrons. The predicted molar refractivity (Wildman–Crippen MR) is 96.7 cm³/mol. The zero-order chi connectivity index (χ0) is 17.6. The maximum atomic E-state index is 10.6. The van der Waals surface area contributed by atoms with E-state index in [0.29, 0.717) is 13.0 Å². The molecule has 1 N–H and O–H groups in total. The molecule has 0 saturated carbocycles. The van der Waals surface area contributed by atoms with Gasteiger partial charge in [0.1, 0.15) is 0 Å². The van der Waals surface area contributed by atoms with Crippen LogP contribution >= 0.6 is 23.2 Å². The second-order valence-electron chi connectivity index (χ2n) is 4.04. The summed E-state index contributed by atoms with van der Waals surface area (Å²) in [5.41, 5.74) is 1.32. The van der Waals surface area contributed by atoms with Gasteiger partial charge in [0.25, 0.3) is 0 Å². The van der Waals surface area contributed by atoms with E-state index in [1.807, 2.05) is 32.0 Å². The van der Waals surface area contributed by atoms with E-state index in [9.17, 15) is 4.79 Å². The van der Waals surface area contributed by atoms with Crippen LogP contribution in [0.1, 0.15) is 45.6 Å². The van der Waals surface area contributed by atoms with Gasteiger partial charge in [-0.05, 0) is 26.7 Å². The fourth-order valence-electron chi connectivity index (χ4n) is 1.03. The Hall–Kier alpha value is -0.770. The van der Waals surface area contributed by atoms with Crippen LogP contribution in [0.15, 0.2) is 30.3 Å². The second-order valence-corrected chi connectivity index (χ2v) is 4.85. The highest BCUT2D eigenvalue weighted by Crippen LogP contribution is 1.92. The van der Waals surface area contributed by atoms with Crippen LogP contribution in [0, 0.1) is 6.92 Å². The predicted octanol–water partition coefficient (Wildman–Crippen LogP) is 5.15. The number of rotatable bonds is 4. The minimum absolute atomic E-state index is 0.0700. The summed E-state index contributed by atoms with van der Waals surface area (Å²) in [5, 5.41) is 7.76. The van der Waals surface area contributed by atoms with Crippen molar-refractivity contribution >= 4 is 29.2 Å². The lowest BCUT2D eigenvalue weighted by atomic mass is 10.2. The molecule has 0 atom stereocenters. The number of carbonyl (C=O) groups excluding carboxylic acids is 1. The molecule has 0 fully saturated rings. The minimum Gasteiger partial charge on any atom is -0.466 e. The molecule has 0 radical (unpaired) electrons. The minimum atomic E-state index is -0.0700. The number of aryl methyl sites for hydroxylation is 1. The van der Waals surface area contributed by atoms with Gasteiger partial charge in [-0.3, -0.25) is 4.79 Å². The largest absolute Gasteiger partial charge is 0.466 e. The van der Waals surface area contributed by atoms with Gasteiger partial charge in [0.05, 0.1) is 11.9 Å². The first-order chi connectivity index (χ1) is 10.5. The number of ether oxygens (including phenoxy) is 1. The number of benzene rings is 1. The van der Waals surface area contributed by atoms with Gasteiger partial charge in [-0.1, -0.05) is 49.7 Å². The lowest BCUT2D eigenvalue weighted by molar-refractivity contribution is -0.143. The van der Waals surface area contributed by atoms with Gasteiger partial charge in [0.2, 0.25) is 0 Å². The fraction of sp³-hybridized carbons (Fsp3) is 0.588. The molecule has 0 spiro atoms. The molecule has 0 aliphatic carbocycles. The van der Waals surface area contributed by atoms with Crippen LogP contribution < -0.4 is 0 Å². The molecule has 0 bridgehead atoms. The van der Waals surface area contributed by atoms with Crippen molar-refractivity contribution in [2.75, 3.05) is 18.6 Å². The summed E-state index contributed by atoms with van der Waals surface area (Å²) < 4.78 is 4.79. The highest BCUT2D eigenvalue weighted by molar-refractivity contribution is 6.40. The molecule has 0 heterocycles. The number of esters is 1. The Morgan fingerprint density at radius 2 is 1.55 bits per heavy atom. The van der Waals surface area contributed by atoms with Crippen LogP contribution in [0.2, 0.25) is 0 Å². The van der Waals surface area contributed by atoms with Gasteiger partial charge in [-0.15, -0.1) is 23.2 Å². The monoisotopic (exact) mass is 352 g/mol. The highest BCUT2D eigenvalue weighted by Gasteiger charge is 1.96. The number of aliphatic hydroxyl groups is 1. The Labute approximate surface area is 145 Å². The first kappa shape index (κ1) is 26.1. The van der Waals surface area contributed by atoms with E-state index in [0.717, 1.165) is 12.8 Å². The van der Waals surface area contributed by atoms with E-state index < -0.39 is 0 Å². The van der Waals surface area contributed by atoms with E-state index in [1.54, 1.807) is 6.92 Å². The molecular formula is C17H30Cl2O3. The maximum Gasteiger partial charge on any atom is 0.305 e. The van der Waals surface area contributed by atoms with Crippen LogP contribution in [-0.2, 0) is 9.53 Å². The average molecular weight is 353 g/mol. The Bertz CT molecular complexity index is 304. The molecule has 1 aromatic rings. The van der Waals surface area contributed by atoms with Crippen molar-refractivity contribution in [1.82, 2.24) is 0 Å². The SMILES string of the molecule is CCCOC(=O)CCC.CCO.Cc1ccccc1.ClCCl. The van der Waals surface area contributed by atoms with E-state index in [2.05, 4.69) is 19.1 Å². The van der Waals surface area contributed by atoms with Gasteiger partial charge in [0.15, 0.2) is 0 Å². The van der Waals surface area contributed by atoms with Gasteiger partial charge in [0, 0.05) is 13.0 Å². The average Bonchev–Trinajstić information content (AvgIpc) is 2.48. The van der Waals surface area contributed by atoms with Gasteiger partial charge in [-0.2, -0.15) is 0 Å². The molecular weight excluding hydrogens is 323 g/mol. The molecule has 0 amide bonds. The van der Waals surface area contributed by atoms with E-state index in [4.69, 9.17) is 33.0 Å². The molecule has 0 aliphatic heterocycles. The second kappa shape index (κ2) is 25.2. The number of hydrogen-bond acceptors (Lipinski definition) is 3. The van der Waals surface area contributed by atoms with Crippen molar-refractivity contribution in [3.05, 3.63) is 35.9 Å². The molecule has 0 aliphatic rings. The van der Waals surface area contributed by atoms with E-state index in [1.165, 1.54) is 5.56 Å². The van der Waals surface area contributed by atoms with Gasteiger partial charge in [-0.25, -0.2) is 0 Å². The number of carbonyl (C=O) groups is 1. The third-order valence-corrected chi connectivity index (χ3v) is 1.86. The first-order valence-corrected chi connectivity index (χ1v) is 8.50. The number of halogens is 2. The van der Waals surface area contributed by atoms with Crippen LogP contribution in [0.4, 0.5) is 0 Å². The van der Waals surface area contributed by atoms with Crippen molar-refractivity contribution in [3.8, 4) is 0 Å². The number of alkyl halides is 2. The third kappa shape index (κ3) is 31.6. The zero-order valence-electron chi connectivity index (χ0n) is 14.1. The lowest BCUT2D eigenvalue weighted by Gasteiger charge is -1.99. The van der Waals surface area contributed by atoms with Gasteiger partial charge >= 0.3 is 5.97 Å². The molecule has 0 unspecified atom stereocenters. The smallest absolute Gasteiger partial charge is 0.305 e. The number of aliphatic hydroxyl groups excluding tert-OH is 1. The molecule has 22 heavy (non-hydrogen) atoms. The summed E-state index contributed by atoms with van der Waals surface area (Å²) in [7, 11) is 0. The van der Waals surface area contributed by atoms with Crippen LogP contribution in [0.25, 0.3) is 0 Å². The summed E-state index contributed by atoms with van der Waals surface area (Å²) in [5.74, 6) is -0.0700.